The Kier molecular flexibility index (Phi) is 6.37. The molecule has 0 saturated heterocycles. The first-order chi connectivity index (χ1) is 16.3. The van der Waals surface area contributed by atoms with E-state index in [0.717, 1.165) is 11.6 Å². The van der Waals surface area contributed by atoms with E-state index in [4.69, 9.17) is 14.2 Å². The van der Waals surface area contributed by atoms with Gasteiger partial charge in [-0.15, -0.1) is 0 Å². The minimum atomic E-state index is -4.63. The fourth-order valence-electron chi connectivity index (χ4n) is 4.05. The molecule has 6 nitrogen and oxygen atoms in total. The summed E-state index contributed by atoms with van der Waals surface area (Å²) in [6.07, 6.45) is -2.29. The second kappa shape index (κ2) is 9.24. The summed E-state index contributed by atoms with van der Waals surface area (Å²) in [7, 11) is 3.05. The Labute approximate surface area is 194 Å². The number of ether oxygens (including phenoxy) is 3. The van der Waals surface area contributed by atoms with Crippen molar-refractivity contribution in [3.63, 3.8) is 0 Å². The van der Waals surface area contributed by atoms with Crippen molar-refractivity contribution in [2.45, 2.75) is 18.0 Å². The van der Waals surface area contributed by atoms with E-state index >= 15 is 0 Å². The highest BCUT2D eigenvalue weighted by Gasteiger charge is 2.60. The van der Waals surface area contributed by atoms with Crippen molar-refractivity contribution >= 4 is 11.6 Å². The van der Waals surface area contributed by atoms with Crippen LogP contribution in [0.1, 0.15) is 17.5 Å². The predicted octanol–water partition coefficient (Wildman–Crippen LogP) is 5.09. The first kappa shape index (κ1) is 23.4. The molecule has 0 spiro atoms. The third-order valence-electron chi connectivity index (χ3n) is 5.98. The van der Waals surface area contributed by atoms with Crippen LogP contribution >= 0.6 is 0 Å². The highest BCUT2D eigenvalue weighted by atomic mass is 19.4. The minimum absolute atomic E-state index is 0.160. The first-order valence-electron chi connectivity index (χ1n) is 10.5. The number of pyridine rings is 1. The standard InChI is InChI=1S/C25H23F3N2O4/c1-32-21-9-8-17(12-22(21)33-2)34-15-24(16-6-4-3-5-7-16)13-18(24)23(31)30-20-10-11-29-14-19(20)25(26,27)28/h3-12,14,18H,13,15H2,1-2H3,(H,29,30,31). The van der Waals surface area contributed by atoms with Crippen molar-refractivity contribution in [2.75, 3.05) is 26.1 Å². The number of aromatic nitrogens is 1. The summed E-state index contributed by atoms with van der Waals surface area (Å²) >= 11 is 0. The molecule has 178 valence electrons. The monoisotopic (exact) mass is 472 g/mol. The van der Waals surface area contributed by atoms with E-state index in [-0.39, 0.29) is 12.3 Å². The second-order valence-electron chi connectivity index (χ2n) is 7.99. The molecule has 1 aliphatic carbocycles. The molecular formula is C25H23F3N2O4. The minimum Gasteiger partial charge on any atom is -0.493 e. The Morgan fingerprint density at radius 2 is 1.82 bits per heavy atom. The van der Waals surface area contributed by atoms with Gasteiger partial charge in [-0.3, -0.25) is 9.78 Å². The molecule has 0 aliphatic heterocycles. The molecule has 1 N–H and O–H groups in total. The highest BCUT2D eigenvalue weighted by molar-refractivity contribution is 5.96. The number of methoxy groups -OCH3 is 2. The molecule has 4 rings (SSSR count). The zero-order chi connectivity index (χ0) is 24.3. The first-order valence-corrected chi connectivity index (χ1v) is 10.5. The topological polar surface area (TPSA) is 69.7 Å². The Hall–Kier alpha value is -3.75. The number of nitrogens with one attached hydrogen (secondary N) is 1. The van der Waals surface area contributed by atoms with Crippen LogP contribution in [0.3, 0.4) is 0 Å². The number of anilines is 1. The third-order valence-corrected chi connectivity index (χ3v) is 5.98. The fraction of sp³-hybridized carbons (Fsp3) is 0.280. The van der Waals surface area contributed by atoms with Gasteiger partial charge in [0.1, 0.15) is 5.75 Å². The van der Waals surface area contributed by atoms with Crippen LogP contribution in [0.15, 0.2) is 67.0 Å². The third kappa shape index (κ3) is 4.64. The fourth-order valence-corrected chi connectivity index (χ4v) is 4.05. The zero-order valence-corrected chi connectivity index (χ0v) is 18.6. The summed E-state index contributed by atoms with van der Waals surface area (Å²) in [5, 5.41) is 2.44. The van der Waals surface area contributed by atoms with Gasteiger partial charge in [0.05, 0.1) is 38.0 Å². The molecule has 1 aliphatic rings. The molecule has 1 heterocycles. The largest absolute Gasteiger partial charge is 0.493 e. The van der Waals surface area contributed by atoms with Gasteiger partial charge in [0.25, 0.3) is 0 Å². The van der Waals surface area contributed by atoms with Crippen molar-refractivity contribution < 1.29 is 32.2 Å². The molecule has 3 aromatic rings. The van der Waals surface area contributed by atoms with Gasteiger partial charge >= 0.3 is 6.18 Å². The van der Waals surface area contributed by atoms with Crippen LogP contribution in [0.25, 0.3) is 0 Å². The maximum absolute atomic E-state index is 13.3. The number of rotatable bonds is 8. The van der Waals surface area contributed by atoms with E-state index < -0.39 is 29.0 Å². The number of benzene rings is 2. The molecule has 1 amide bonds. The average Bonchev–Trinajstić information content (AvgIpc) is 3.59. The smallest absolute Gasteiger partial charge is 0.419 e. The van der Waals surface area contributed by atoms with Crippen molar-refractivity contribution in [1.82, 2.24) is 4.98 Å². The lowest BCUT2D eigenvalue weighted by Gasteiger charge is -2.20. The highest BCUT2D eigenvalue weighted by Crippen LogP contribution is 2.55. The number of hydrogen-bond donors (Lipinski definition) is 1. The van der Waals surface area contributed by atoms with Crippen LogP contribution < -0.4 is 19.5 Å². The molecule has 0 radical (unpaired) electrons. The number of carbonyl (C=O) groups is 1. The van der Waals surface area contributed by atoms with Crippen LogP contribution in [0.2, 0.25) is 0 Å². The molecule has 9 heteroatoms. The molecule has 0 bridgehead atoms. The van der Waals surface area contributed by atoms with Gasteiger partial charge < -0.3 is 19.5 Å². The van der Waals surface area contributed by atoms with Crippen LogP contribution in [-0.2, 0) is 16.4 Å². The van der Waals surface area contributed by atoms with E-state index in [9.17, 15) is 18.0 Å². The molecular weight excluding hydrogens is 449 g/mol. The van der Waals surface area contributed by atoms with Gasteiger partial charge in [-0.25, -0.2) is 0 Å². The maximum atomic E-state index is 13.3. The van der Waals surface area contributed by atoms with Gasteiger partial charge in [0, 0.05) is 23.9 Å². The van der Waals surface area contributed by atoms with Gasteiger partial charge in [-0.1, -0.05) is 30.3 Å². The maximum Gasteiger partial charge on any atom is 0.419 e. The summed E-state index contributed by atoms with van der Waals surface area (Å²) in [6.45, 7) is 0.160. The summed E-state index contributed by atoms with van der Waals surface area (Å²) in [6, 6.07) is 15.6. The van der Waals surface area contributed by atoms with Gasteiger partial charge in [-0.2, -0.15) is 13.2 Å². The van der Waals surface area contributed by atoms with E-state index in [1.54, 1.807) is 18.2 Å². The Morgan fingerprint density at radius 1 is 1.09 bits per heavy atom. The molecule has 2 atom stereocenters. The van der Waals surface area contributed by atoms with E-state index in [2.05, 4.69) is 10.3 Å². The van der Waals surface area contributed by atoms with E-state index in [1.807, 2.05) is 30.3 Å². The van der Waals surface area contributed by atoms with Crippen molar-refractivity contribution in [2.24, 2.45) is 5.92 Å². The number of halogens is 3. The Morgan fingerprint density at radius 3 is 2.50 bits per heavy atom. The lowest BCUT2D eigenvalue weighted by Crippen LogP contribution is -2.27. The average molecular weight is 472 g/mol. The summed E-state index contributed by atoms with van der Waals surface area (Å²) in [4.78, 5) is 16.6. The van der Waals surface area contributed by atoms with Crippen molar-refractivity contribution in [3.8, 4) is 17.2 Å². The van der Waals surface area contributed by atoms with Crippen LogP contribution in [0.5, 0.6) is 17.2 Å². The number of alkyl halides is 3. The molecule has 1 aromatic heterocycles. The Balaban J connectivity index is 1.56. The number of hydrogen-bond acceptors (Lipinski definition) is 5. The molecule has 1 fully saturated rings. The van der Waals surface area contributed by atoms with Crippen molar-refractivity contribution in [3.05, 3.63) is 78.1 Å². The lowest BCUT2D eigenvalue weighted by atomic mass is 9.93. The molecule has 2 aromatic carbocycles. The zero-order valence-electron chi connectivity index (χ0n) is 18.6. The molecule has 1 saturated carbocycles. The number of carbonyl (C=O) groups excluding carboxylic acids is 1. The summed E-state index contributed by atoms with van der Waals surface area (Å²) in [5.74, 6) is 0.499. The number of amides is 1. The Bertz CT molecular complexity index is 1170. The normalized spacial score (nSPS) is 19.3. The second-order valence-corrected chi connectivity index (χ2v) is 7.99. The van der Waals surface area contributed by atoms with Crippen LogP contribution in [0, 0.1) is 5.92 Å². The van der Waals surface area contributed by atoms with Gasteiger partial charge in [0.2, 0.25) is 5.91 Å². The molecule has 34 heavy (non-hydrogen) atoms. The van der Waals surface area contributed by atoms with Crippen LogP contribution in [-0.4, -0.2) is 31.7 Å². The van der Waals surface area contributed by atoms with Crippen molar-refractivity contribution in [1.29, 1.82) is 0 Å². The molecule has 2 unspecified atom stereocenters. The SMILES string of the molecule is COc1ccc(OCC2(c3ccccc3)CC2C(=O)Nc2ccncc2C(F)(F)F)cc1OC. The lowest BCUT2D eigenvalue weighted by molar-refractivity contribution is -0.137. The van der Waals surface area contributed by atoms with Gasteiger partial charge in [-0.05, 0) is 30.2 Å². The summed E-state index contributed by atoms with van der Waals surface area (Å²) < 4.78 is 56.6. The van der Waals surface area contributed by atoms with Gasteiger partial charge in [0.15, 0.2) is 11.5 Å². The quantitative estimate of drug-likeness (QED) is 0.495. The van der Waals surface area contributed by atoms with E-state index in [0.29, 0.717) is 29.9 Å². The van der Waals surface area contributed by atoms with E-state index in [1.165, 1.54) is 20.4 Å². The number of nitrogens with zero attached hydrogens (tertiary/aromatic N) is 1. The predicted molar refractivity (Wildman–Crippen MR) is 119 cm³/mol. The summed E-state index contributed by atoms with van der Waals surface area (Å²) in [5.41, 5.74) is -1.11. The van der Waals surface area contributed by atoms with Crippen LogP contribution in [0.4, 0.5) is 18.9 Å².